The van der Waals surface area contributed by atoms with Crippen LogP contribution in [0.15, 0.2) is 18.2 Å². The van der Waals surface area contributed by atoms with Crippen molar-refractivity contribution in [3.63, 3.8) is 0 Å². The fraction of sp³-hybridized carbons (Fsp3) is 0.111. The van der Waals surface area contributed by atoms with E-state index in [4.69, 9.17) is 5.11 Å². The molecular weight excluding hydrogens is 266 g/mol. The second-order valence-electron chi connectivity index (χ2n) is 3.00. The van der Waals surface area contributed by atoms with Gasteiger partial charge in [0.2, 0.25) is 5.01 Å². The third-order valence-electron chi connectivity index (χ3n) is 1.90. The van der Waals surface area contributed by atoms with Crippen molar-refractivity contribution in [1.29, 1.82) is 0 Å². The normalized spacial score (nSPS) is 11.2. The number of carbonyl (C=O) groups is 1. The summed E-state index contributed by atoms with van der Waals surface area (Å²) >= 11 is 0.847. The van der Waals surface area contributed by atoms with Crippen molar-refractivity contribution in [2.24, 2.45) is 0 Å². The van der Waals surface area contributed by atoms with Crippen LogP contribution in [-0.2, 0) is 6.18 Å². The van der Waals surface area contributed by atoms with Gasteiger partial charge in [-0.1, -0.05) is 0 Å². The van der Waals surface area contributed by atoms with Gasteiger partial charge in [0.1, 0.15) is 0 Å². The van der Waals surface area contributed by atoms with Crippen molar-refractivity contribution in [2.45, 2.75) is 6.18 Å². The molecule has 0 fully saturated rings. The van der Waals surface area contributed by atoms with E-state index in [0.717, 1.165) is 23.5 Å². The van der Waals surface area contributed by atoms with Crippen LogP contribution in [0, 0.1) is 0 Å². The SMILES string of the molecule is O=C(O)c1nc2cc(C(F)(F)F)ccc2s1.[H-].[Na+]. The van der Waals surface area contributed by atoms with Gasteiger partial charge in [-0.3, -0.25) is 0 Å². The van der Waals surface area contributed by atoms with Gasteiger partial charge < -0.3 is 6.53 Å². The van der Waals surface area contributed by atoms with Crippen molar-refractivity contribution in [3.05, 3.63) is 28.8 Å². The van der Waals surface area contributed by atoms with Crippen LogP contribution in [0.2, 0.25) is 0 Å². The fourth-order valence-corrected chi connectivity index (χ4v) is 1.98. The molecule has 0 aliphatic rings. The summed E-state index contributed by atoms with van der Waals surface area (Å²) in [4.78, 5) is 14.2. The molecule has 0 spiro atoms. The number of fused-ring (bicyclic) bond motifs is 1. The molecule has 2 aromatic rings. The topological polar surface area (TPSA) is 50.2 Å². The molecule has 0 aliphatic heterocycles. The molecule has 1 aromatic carbocycles. The number of aromatic nitrogens is 1. The first-order valence-corrected chi connectivity index (χ1v) is 4.90. The molecule has 0 atom stereocenters. The van der Waals surface area contributed by atoms with Crippen LogP contribution in [0.4, 0.5) is 13.2 Å². The van der Waals surface area contributed by atoms with Crippen molar-refractivity contribution in [3.8, 4) is 0 Å². The van der Waals surface area contributed by atoms with E-state index in [0.29, 0.717) is 4.70 Å². The van der Waals surface area contributed by atoms with Crippen LogP contribution in [0.1, 0.15) is 16.8 Å². The van der Waals surface area contributed by atoms with Crippen LogP contribution in [-0.4, -0.2) is 16.1 Å². The molecule has 1 aromatic heterocycles. The van der Waals surface area contributed by atoms with Gasteiger partial charge in [0, 0.05) is 0 Å². The first-order chi connectivity index (χ1) is 7.38. The molecule has 8 heteroatoms. The molecule has 0 unspecified atom stereocenters. The van der Waals surface area contributed by atoms with Crippen molar-refractivity contribution < 1.29 is 54.1 Å². The predicted octanol–water partition coefficient (Wildman–Crippen LogP) is 0.130. The van der Waals surface area contributed by atoms with E-state index in [-0.39, 0.29) is 41.5 Å². The molecule has 0 saturated heterocycles. The maximum absolute atomic E-state index is 12.3. The number of aromatic carboxylic acids is 1. The summed E-state index contributed by atoms with van der Waals surface area (Å²) in [6.07, 6.45) is -4.44. The average molecular weight is 271 g/mol. The third kappa shape index (κ3) is 2.98. The molecule has 17 heavy (non-hydrogen) atoms. The Bertz CT molecular complexity index is 572. The van der Waals surface area contributed by atoms with Crippen LogP contribution in [0.3, 0.4) is 0 Å². The fourth-order valence-electron chi connectivity index (χ4n) is 1.20. The van der Waals surface area contributed by atoms with Gasteiger partial charge in [-0.25, -0.2) is 9.78 Å². The Balaban J connectivity index is 0.00000144. The molecule has 2 rings (SSSR count). The summed E-state index contributed by atoms with van der Waals surface area (Å²) in [6.45, 7) is 0. The number of hydrogen-bond acceptors (Lipinski definition) is 3. The van der Waals surface area contributed by atoms with Crippen molar-refractivity contribution in [1.82, 2.24) is 4.98 Å². The Labute approximate surface area is 121 Å². The van der Waals surface area contributed by atoms with E-state index >= 15 is 0 Å². The van der Waals surface area contributed by atoms with Gasteiger partial charge in [-0.2, -0.15) is 13.2 Å². The molecule has 1 heterocycles. The summed E-state index contributed by atoms with van der Waals surface area (Å²) in [7, 11) is 0. The van der Waals surface area contributed by atoms with Crippen molar-refractivity contribution in [2.75, 3.05) is 0 Å². The molecule has 0 radical (unpaired) electrons. The van der Waals surface area contributed by atoms with Gasteiger partial charge >= 0.3 is 41.7 Å². The number of alkyl halides is 3. The Morgan fingerprint density at radius 1 is 1.41 bits per heavy atom. The van der Waals surface area contributed by atoms with Gasteiger partial charge in [0.05, 0.1) is 15.8 Å². The summed E-state index contributed by atoms with van der Waals surface area (Å²) in [5, 5.41) is 8.43. The van der Waals surface area contributed by atoms with Crippen LogP contribution < -0.4 is 29.6 Å². The van der Waals surface area contributed by atoms with Crippen LogP contribution in [0.5, 0.6) is 0 Å². The Morgan fingerprint density at radius 3 is 2.59 bits per heavy atom. The number of carboxylic acid groups (broad SMARTS) is 1. The summed E-state index contributed by atoms with van der Waals surface area (Å²) < 4.78 is 37.4. The largest absolute Gasteiger partial charge is 1.00 e. The molecule has 0 saturated carbocycles. The Morgan fingerprint density at radius 2 is 2.06 bits per heavy atom. The summed E-state index contributed by atoms with van der Waals surface area (Å²) in [5.74, 6) is -1.24. The minimum absolute atomic E-state index is 0. The second kappa shape index (κ2) is 4.93. The Hall–Kier alpha value is -0.630. The molecule has 0 aliphatic carbocycles. The van der Waals surface area contributed by atoms with Crippen molar-refractivity contribution >= 4 is 27.5 Å². The average Bonchev–Trinajstić information content (AvgIpc) is 2.58. The smallest absolute Gasteiger partial charge is 1.00 e. The number of rotatable bonds is 1. The second-order valence-corrected chi connectivity index (χ2v) is 4.04. The standard InChI is InChI=1S/C9H4F3NO2S.Na.H/c10-9(11,12)4-1-2-6-5(3-4)13-7(16-6)8(14)15;;/h1-3H,(H,14,15);;/q;+1;-1. The summed E-state index contributed by atoms with van der Waals surface area (Å²) in [6, 6.07) is 2.98. The number of nitrogens with zero attached hydrogens (tertiary/aromatic N) is 1. The number of thiazole rings is 1. The van der Waals surface area contributed by atoms with Crippen LogP contribution in [0.25, 0.3) is 10.2 Å². The van der Waals surface area contributed by atoms with E-state index in [1.54, 1.807) is 0 Å². The Kier molecular flexibility index (Phi) is 4.19. The predicted molar refractivity (Wildman–Crippen MR) is 52.7 cm³/mol. The first kappa shape index (κ1) is 14.4. The first-order valence-electron chi connectivity index (χ1n) is 4.09. The maximum Gasteiger partial charge on any atom is 1.00 e. The maximum atomic E-state index is 12.3. The van der Waals surface area contributed by atoms with Crippen LogP contribution >= 0.6 is 11.3 Å². The monoisotopic (exact) mass is 271 g/mol. The van der Waals surface area contributed by atoms with E-state index in [9.17, 15) is 18.0 Å². The minimum Gasteiger partial charge on any atom is -1.00 e. The van der Waals surface area contributed by atoms with Gasteiger partial charge in [-0.15, -0.1) is 11.3 Å². The zero-order valence-corrected chi connectivity index (χ0v) is 11.4. The number of carboxylic acids is 1. The molecular formula is C9H5F3NNaO2S. The number of hydrogen-bond donors (Lipinski definition) is 1. The van der Waals surface area contributed by atoms with Gasteiger partial charge in [-0.05, 0) is 18.2 Å². The molecule has 86 valence electrons. The number of halogens is 3. The zero-order valence-electron chi connectivity index (χ0n) is 9.58. The molecule has 3 nitrogen and oxygen atoms in total. The van der Waals surface area contributed by atoms with E-state index in [1.165, 1.54) is 6.07 Å². The molecule has 0 amide bonds. The van der Waals surface area contributed by atoms with Gasteiger partial charge in [0.15, 0.2) is 0 Å². The summed E-state index contributed by atoms with van der Waals surface area (Å²) in [5.41, 5.74) is -0.778. The van der Waals surface area contributed by atoms with E-state index in [1.807, 2.05) is 0 Å². The van der Waals surface area contributed by atoms with E-state index in [2.05, 4.69) is 4.98 Å². The minimum atomic E-state index is -4.44. The molecule has 1 N–H and O–H groups in total. The third-order valence-corrected chi connectivity index (χ3v) is 2.92. The van der Waals surface area contributed by atoms with E-state index < -0.39 is 17.7 Å². The van der Waals surface area contributed by atoms with Gasteiger partial charge in [0.25, 0.3) is 0 Å². The number of benzene rings is 1. The molecule has 0 bridgehead atoms. The zero-order chi connectivity index (χ0) is 11.9. The quantitative estimate of drug-likeness (QED) is 0.750.